The Morgan fingerprint density at radius 3 is 2.54 bits per heavy atom. The van der Waals surface area contributed by atoms with Crippen LogP contribution >= 0.6 is 0 Å². The van der Waals surface area contributed by atoms with Crippen molar-refractivity contribution >= 4 is 0 Å². The summed E-state index contributed by atoms with van der Waals surface area (Å²) in [7, 11) is 0. The lowest BCUT2D eigenvalue weighted by Crippen LogP contribution is -2.55. The molecular weight excluding hydrogens is 296 g/mol. The topological polar surface area (TPSA) is 36.4 Å². The lowest BCUT2D eigenvalue weighted by molar-refractivity contribution is -0.106. The first kappa shape index (κ1) is 15.8. The fourth-order valence-electron chi connectivity index (χ4n) is 4.66. The number of hydrogen-bond donors (Lipinski definition) is 1. The van der Waals surface area contributed by atoms with Gasteiger partial charge < -0.3 is 10.0 Å². The van der Waals surface area contributed by atoms with Crippen molar-refractivity contribution in [2.24, 2.45) is 11.8 Å². The van der Waals surface area contributed by atoms with Gasteiger partial charge in [-0.15, -0.1) is 0 Å². The molecule has 1 N–H and O–H groups in total. The maximum absolute atomic E-state index is 11.8. The fraction of sp³-hybridized carbons (Fsp3) is 0.476. The van der Waals surface area contributed by atoms with Gasteiger partial charge in [0.25, 0.3) is 0 Å². The monoisotopic (exact) mass is 324 g/mol. The zero-order valence-corrected chi connectivity index (χ0v) is 14.1. The minimum Gasteiger partial charge on any atom is -0.385 e. The van der Waals surface area contributed by atoms with E-state index in [1.807, 2.05) is 30.5 Å². The number of aryl methyl sites for hydroxylation is 1. The van der Waals surface area contributed by atoms with E-state index in [-0.39, 0.29) is 1.43 Å². The van der Waals surface area contributed by atoms with Crippen molar-refractivity contribution in [3.63, 3.8) is 0 Å². The van der Waals surface area contributed by atoms with E-state index < -0.39 is 5.60 Å². The molecule has 128 valence electrons. The van der Waals surface area contributed by atoms with Crippen molar-refractivity contribution in [1.82, 2.24) is 9.88 Å². The third-order valence-corrected chi connectivity index (χ3v) is 6.06. The Bertz CT molecular complexity index is 658. The van der Waals surface area contributed by atoms with Gasteiger partial charge in [-0.2, -0.15) is 0 Å². The summed E-state index contributed by atoms with van der Waals surface area (Å²) in [6.07, 6.45) is 7.81. The molecule has 3 aliphatic heterocycles. The Kier molecular flexibility index (Phi) is 4.38. The van der Waals surface area contributed by atoms with Crippen LogP contribution in [0.3, 0.4) is 0 Å². The number of fused-ring (bicyclic) bond motifs is 3. The summed E-state index contributed by atoms with van der Waals surface area (Å²) in [6.45, 7) is 3.44. The van der Waals surface area contributed by atoms with Crippen molar-refractivity contribution in [2.45, 2.75) is 31.3 Å². The molecule has 0 amide bonds. The Labute approximate surface area is 145 Å². The lowest BCUT2D eigenvalue weighted by atomic mass is 9.66. The van der Waals surface area contributed by atoms with Gasteiger partial charge in [-0.3, -0.25) is 4.98 Å². The zero-order chi connectivity index (χ0) is 16.4. The molecule has 3 nitrogen and oxygen atoms in total. The van der Waals surface area contributed by atoms with Crippen LogP contribution < -0.4 is 0 Å². The molecule has 2 unspecified atom stereocenters. The second-order valence-electron chi connectivity index (χ2n) is 7.40. The molecule has 2 bridgehead atoms. The smallest absolute Gasteiger partial charge is 0.0942 e. The molecule has 3 heteroatoms. The Morgan fingerprint density at radius 1 is 1.12 bits per heavy atom. The number of hydrogen-bond acceptors (Lipinski definition) is 3. The summed E-state index contributed by atoms with van der Waals surface area (Å²) < 4.78 is 0. The van der Waals surface area contributed by atoms with Crippen LogP contribution in [0.1, 0.15) is 31.8 Å². The van der Waals surface area contributed by atoms with Gasteiger partial charge in [0, 0.05) is 26.3 Å². The van der Waals surface area contributed by atoms with Crippen LogP contribution in [0.4, 0.5) is 0 Å². The molecule has 1 aromatic carbocycles. The SMILES string of the molecule is OC(CCc1cccnc1)(c1ccccc1)C1CN2CCC1CC2.[HH]. The standard InChI is InChI=1S/C21H26N2O.H2/c24-21(19-6-2-1-3-7-19,11-8-17-5-4-12-22-15-17)20-16-23-13-9-18(20)10-14-23;/h1-7,12,15,18,20,24H,8-11,13-14,16H2;1H. The van der Waals surface area contributed by atoms with Gasteiger partial charge in [-0.1, -0.05) is 36.4 Å². The van der Waals surface area contributed by atoms with Crippen LogP contribution in [-0.4, -0.2) is 34.6 Å². The quantitative estimate of drug-likeness (QED) is 0.914. The van der Waals surface area contributed by atoms with Crippen molar-refractivity contribution in [3.8, 4) is 0 Å². The highest BCUT2D eigenvalue weighted by Gasteiger charge is 2.47. The summed E-state index contributed by atoms with van der Waals surface area (Å²) in [4.78, 5) is 6.75. The number of rotatable bonds is 5. The molecule has 0 aliphatic carbocycles. The molecule has 0 spiro atoms. The molecule has 1 aromatic heterocycles. The molecule has 3 saturated heterocycles. The van der Waals surface area contributed by atoms with Crippen molar-refractivity contribution < 1.29 is 6.53 Å². The van der Waals surface area contributed by atoms with Gasteiger partial charge >= 0.3 is 0 Å². The Hall–Kier alpha value is -1.71. The minimum atomic E-state index is -0.749. The fourth-order valence-corrected chi connectivity index (χ4v) is 4.66. The summed E-state index contributed by atoms with van der Waals surface area (Å²) >= 11 is 0. The van der Waals surface area contributed by atoms with Crippen molar-refractivity contribution in [1.29, 1.82) is 0 Å². The second kappa shape index (κ2) is 6.66. The van der Waals surface area contributed by atoms with E-state index in [1.54, 1.807) is 6.20 Å². The Balaban J connectivity index is 0.00000182. The minimum absolute atomic E-state index is 0. The molecule has 2 atom stereocenters. The van der Waals surface area contributed by atoms with Crippen LogP contribution in [0.5, 0.6) is 0 Å². The lowest BCUT2D eigenvalue weighted by Gasteiger charge is -2.51. The molecule has 3 aliphatic rings. The van der Waals surface area contributed by atoms with E-state index in [0.29, 0.717) is 11.8 Å². The predicted octanol–water partition coefficient (Wildman–Crippen LogP) is 3.49. The van der Waals surface area contributed by atoms with E-state index >= 15 is 0 Å². The van der Waals surface area contributed by atoms with Gasteiger partial charge in [0.05, 0.1) is 5.60 Å². The van der Waals surface area contributed by atoms with E-state index in [1.165, 1.54) is 31.5 Å². The van der Waals surface area contributed by atoms with Crippen LogP contribution in [0.2, 0.25) is 0 Å². The second-order valence-corrected chi connectivity index (χ2v) is 7.40. The molecule has 24 heavy (non-hydrogen) atoms. The van der Waals surface area contributed by atoms with Crippen LogP contribution in [0.25, 0.3) is 0 Å². The van der Waals surface area contributed by atoms with E-state index in [4.69, 9.17) is 0 Å². The molecule has 3 fully saturated rings. The van der Waals surface area contributed by atoms with Crippen molar-refractivity contribution in [2.75, 3.05) is 19.6 Å². The summed E-state index contributed by atoms with van der Waals surface area (Å²) in [5, 5.41) is 11.8. The predicted molar refractivity (Wildman–Crippen MR) is 97.7 cm³/mol. The van der Waals surface area contributed by atoms with Crippen molar-refractivity contribution in [3.05, 3.63) is 66.0 Å². The van der Waals surface area contributed by atoms with Crippen LogP contribution in [-0.2, 0) is 12.0 Å². The number of piperidine rings is 3. The van der Waals surface area contributed by atoms with Gasteiger partial charge in [0.1, 0.15) is 0 Å². The number of benzene rings is 1. The van der Waals surface area contributed by atoms with Gasteiger partial charge in [0.15, 0.2) is 0 Å². The highest BCUT2D eigenvalue weighted by atomic mass is 16.3. The maximum atomic E-state index is 11.8. The third kappa shape index (κ3) is 2.99. The summed E-state index contributed by atoms with van der Waals surface area (Å²) in [6, 6.07) is 14.4. The first-order valence-electron chi connectivity index (χ1n) is 9.15. The number of aliphatic hydroxyl groups is 1. The van der Waals surface area contributed by atoms with E-state index in [9.17, 15) is 5.11 Å². The van der Waals surface area contributed by atoms with Gasteiger partial charge in [-0.25, -0.2) is 0 Å². The molecule has 2 aromatic rings. The molecule has 5 rings (SSSR count). The first-order chi connectivity index (χ1) is 11.8. The Morgan fingerprint density at radius 2 is 1.92 bits per heavy atom. The average Bonchev–Trinajstić information content (AvgIpc) is 2.68. The number of aromatic nitrogens is 1. The van der Waals surface area contributed by atoms with Gasteiger partial charge in [0.2, 0.25) is 0 Å². The van der Waals surface area contributed by atoms with Gasteiger partial charge in [-0.05, 0) is 61.9 Å². The van der Waals surface area contributed by atoms with Crippen LogP contribution in [0, 0.1) is 11.8 Å². The highest BCUT2D eigenvalue weighted by Crippen LogP contribution is 2.45. The molecular formula is C21H28N2O. The molecule has 0 radical (unpaired) electrons. The summed E-state index contributed by atoms with van der Waals surface area (Å²) in [5.74, 6) is 0.980. The maximum Gasteiger partial charge on any atom is 0.0942 e. The normalized spacial score (nSPS) is 28.5. The van der Waals surface area contributed by atoms with E-state index in [2.05, 4.69) is 28.1 Å². The summed E-state index contributed by atoms with van der Waals surface area (Å²) in [5.41, 5.74) is 1.53. The van der Waals surface area contributed by atoms with Crippen LogP contribution in [0.15, 0.2) is 54.9 Å². The molecule has 0 saturated carbocycles. The largest absolute Gasteiger partial charge is 0.385 e. The third-order valence-electron chi connectivity index (χ3n) is 6.06. The zero-order valence-electron chi connectivity index (χ0n) is 14.1. The average molecular weight is 324 g/mol. The van der Waals surface area contributed by atoms with E-state index in [0.717, 1.165) is 24.9 Å². The number of nitrogens with zero attached hydrogens (tertiary/aromatic N) is 2. The first-order valence-corrected chi connectivity index (χ1v) is 9.15. The number of pyridine rings is 1. The highest BCUT2D eigenvalue weighted by molar-refractivity contribution is 5.25. The molecule has 4 heterocycles.